The summed E-state index contributed by atoms with van der Waals surface area (Å²) >= 11 is 6.65. The van der Waals surface area contributed by atoms with Gasteiger partial charge in [0.2, 0.25) is 0 Å². The van der Waals surface area contributed by atoms with Gasteiger partial charge in [-0.15, -0.1) is 0 Å². The van der Waals surface area contributed by atoms with Crippen LogP contribution in [0.2, 0.25) is 0 Å². The average molecular weight is 466 g/mol. The van der Waals surface area contributed by atoms with E-state index in [4.69, 9.17) is 17.0 Å². The van der Waals surface area contributed by atoms with E-state index in [1.54, 1.807) is 11.0 Å². The lowest BCUT2D eigenvalue weighted by Gasteiger charge is -2.24. The summed E-state index contributed by atoms with van der Waals surface area (Å²) in [6, 6.07) is 15.5. The second-order valence-corrected chi connectivity index (χ2v) is 8.76. The van der Waals surface area contributed by atoms with Gasteiger partial charge < -0.3 is 9.64 Å². The third kappa shape index (κ3) is 3.80. The Labute approximate surface area is 197 Å². The van der Waals surface area contributed by atoms with Gasteiger partial charge in [-0.25, -0.2) is 4.79 Å². The summed E-state index contributed by atoms with van der Waals surface area (Å²) in [5.41, 5.74) is 3.32. The van der Waals surface area contributed by atoms with Crippen LogP contribution >= 0.6 is 24.0 Å². The van der Waals surface area contributed by atoms with E-state index in [0.717, 1.165) is 22.9 Å². The number of amides is 1. The summed E-state index contributed by atoms with van der Waals surface area (Å²) in [5.74, 6) is 0.436. The molecule has 0 spiro atoms. The second kappa shape index (κ2) is 9.18. The lowest BCUT2D eigenvalue weighted by atomic mass is 10.1. The van der Waals surface area contributed by atoms with Crippen LogP contribution in [0.4, 0.5) is 17.1 Å². The number of ether oxygens (including phenoxy) is 1. The molecular formula is C24H23N3O3S2. The first-order chi connectivity index (χ1) is 15.5. The van der Waals surface area contributed by atoms with Crippen molar-refractivity contribution < 1.29 is 14.3 Å². The third-order valence-corrected chi connectivity index (χ3v) is 6.73. The number of carbonyl (C=O) groups is 2. The molecule has 2 aromatic rings. The van der Waals surface area contributed by atoms with E-state index in [0.29, 0.717) is 27.9 Å². The van der Waals surface area contributed by atoms with Crippen LogP contribution in [0, 0.1) is 0 Å². The summed E-state index contributed by atoms with van der Waals surface area (Å²) in [5, 5.41) is 0. The zero-order valence-corrected chi connectivity index (χ0v) is 19.7. The number of rotatable bonds is 5. The lowest BCUT2D eigenvalue weighted by Crippen LogP contribution is -2.27. The normalized spacial score (nSPS) is 18.2. The van der Waals surface area contributed by atoms with E-state index >= 15 is 0 Å². The van der Waals surface area contributed by atoms with Crippen LogP contribution in [0.15, 0.2) is 71.4 Å². The number of carbonyl (C=O) groups excluding carboxylic acids is 2. The first-order valence-electron chi connectivity index (χ1n) is 10.3. The summed E-state index contributed by atoms with van der Waals surface area (Å²) in [4.78, 5) is 31.2. The van der Waals surface area contributed by atoms with Gasteiger partial charge in [0.1, 0.15) is 10.1 Å². The van der Waals surface area contributed by atoms with Gasteiger partial charge in [-0.2, -0.15) is 0 Å². The molecule has 164 valence electrons. The van der Waals surface area contributed by atoms with Gasteiger partial charge in [-0.05, 0) is 56.3 Å². The average Bonchev–Trinajstić information content (AvgIpc) is 3.28. The Balaban J connectivity index is 1.83. The molecule has 2 aliphatic rings. The van der Waals surface area contributed by atoms with E-state index < -0.39 is 0 Å². The fourth-order valence-electron chi connectivity index (χ4n) is 3.82. The van der Waals surface area contributed by atoms with Crippen molar-refractivity contribution >= 4 is 57.2 Å². The van der Waals surface area contributed by atoms with Crippen LogP contribution in [0.25, 0.3) is 0 Å². The molecule has 0 bridgehead atoms. The highest BCUT2D eigenvalue weighted by molar-refractivity contribution is 8.26. The number of likely N-dealkylation sites (N-methyl/N-ethyl adjacent to an activating group) is 1. The SMILES string of the molecule is CCN1C(=O)/C(=C\C=C2\N(CC)c3cc(C(=O)OC)ccc3N2c2ccccc2)SC1=S. The molecule has 8 heteroatoms. The molecule has 2 aromatic carbocycles. The summed E-state index contributed by atoms with van der Waals surface area (Å²) in [6.07, 6.45) is 3.77. The van der Waals surface area contributed by atoms with Crippen LogP contribution in [-0.4, -0.2) is 41.3 Å². The standard InChI is InChI=1S/C24H23N3O3S2/c1-4-25-19-15-16(23(29)30-3)11-12-18(19)27(17-9-7-6-8-10-17)21(25)14-13-20-22(28)26(5-2)24(31)32-20/h6-15H,4-5H2,1-3H3/b20-13+,21-14-. The maximum absolute atomic E-state index is 12.7. The minimum absolute atomic E-state index is 0.0721. The number of methoxy groups -OCH3 is 1. The van der Waals surface area contributed by atoms with E-state index in [-0.39, 0.29) is 11.9 Å². The summed E-state index contributed by atoms with van der Waals surface area (Å²) in [6.45, 7) is 5.19. The maximum atomic E-state index is 12.7. The zero-order valence-electron chi connectivity index (χ0n) is 18.1. The fraction of sp³-hybridized carbons (Fsp3) is 0.208. The van der Waals surface area contributed by atoms with Crippen LogP contribution < -0.4 is 9.80 Å². The number of hydrogen-bond donors (Lipinski definition) is 0. The predicted molar refractivity (Wildman–Crippen MR) is 133 cm³/mol. The molecule has 1 amide bonds. The number of nitrogens with zero attached hydrogens (tertiary/aromatic N) is 3. The molecule has 0 atom stereocenters. The Bertz CT molecular complexity index is 1140. The van der Waals surface area contributed by atoms with Gasteiger partial charge in [-0.3, -0.25) is 14.6 Å². The van der Waals surface area contributed by atoms with Crippen molar-refractivity contribution in [3.63, 3.8) is 0 Å². The molecule has 2 aliphatic heterocycles. The third-order valence-electron chi connectivity index (χ3n) is 5.34. The number of allylic oxidation sites excluding steroid dienone is 2. The summed E-state index contributed by atoms with van der Waals surface area (Å²) < 4.78 is 5.48. The molecule has 4 rings (SSSR count). The van der Waals surface area contributed by atoms with Crippen LogP contribution in [-0.2, 0) is 9.53 Å². The molecular weight excluding hydrogens is 442 g/mol. The molecule has 0 radical (unpaired) electrons. The van der Waals surface area contributed by atoms with Gasteiger partial charge in [0.05, 0.1) is 29.0 Å². The highest BCUT2D eigenvalue weighted by Crippen LogP contribution is 2.46. The molecule has 0 aromatic heterocycles. The second-order valence-electron chi connectivity index (χ2n) is 7.08. The van der Waals surface area contributed by atoms with Crippen molar-refractivity contribution in [3.05, 3.63) is 77.0 Å². The predicted octanol–water partition coefficient (Wildman–Crippen LogP) is 5.06. The summed E-state index contributed by atoms with van der Waals surface area (Å²) in [7, 11) is 1.38. The minimum atomic E-state index is -0.379. The number of esters is 1. The van der Waals surface area contributed by atoms with Gasteiger partial charge in [0.15, 0.2) is 0 Å². The molecule has 2 heterocycles. The highest BCUT2D eigenvalue weighted by Gasteiger charge is 2.33. The van der Waals surface area contributed by atoms with Crippen LogP contribution in [0.1, 0.15) is 24.2 Å². The van der Waals surface area contributed by atoms with Crippen molar-refractivity contribution in [2.75, 3.05) is 30.0 Å². The largest absolute Gasteiger partial charge is 0.465 e. The Kier molecular flexibility index (Phi) is 6.34. The number of hydrogen-bond acceptors (Lipinski definition) is 7. The quantitative estimate of drug-likeness (QED) is 0.348. The van der Waals surface area contributed by atoms with Gasteiger partial charge in [0, 0.05) is 18.8 Å². The molecule has 0 unspecified atom stereocenters. The van der Waals surface area contributed by atoms with Gasteiger partial charge in [-0.1, -0.05) is 42.2 Å². The first-order valence-corrected chi connectivity index (χ1v) is 11.5. The lowest BCUT2D eigenvalue weighted by molar-refractivity contribution is -0.122. The molecule has 32 heavy (non-hydrogen) atoms. The van der Waals surface area contributed by atoms with Crippen LogP contribution in [0.3, 0.4) is 0 Å². The topological polar surface area (TPSA) is 53.1 Å². The smallest absolute Gasteiger partial charge is 0.337 e. The van der Waals surface area contributed by atoms with E-state index in [1.165, 1.54) is 18.9 Å². The molecule has 1 saturated heterocycles. The van der Waals surface area contributed by atoms with E-state index in [9.17, 15) is 9.59 Å². The van der Waals surface area contributed by atoms with E-state index in [1.807, 2.05) is 68.5 Å². The zero-order chi connectivity index (χ0) is 22.8. The van der Waals surface area contributed by atoms with Crippen molar-refractivity contribution in [1.82, 2.24) is 4.90 Å². The Morgan fingerprint density at radius 2 is 1.75 bits per heavy atom. The van der Waals surface area contributed by atoms with Crippen molar-refractivity contribution in [2.45, 2.75) is 13.8 Å². The van der Waals surface area contributed by atoms with Gasteiger partial charge >= 0.3 is 5.97 Å². The minimum Gasteiger partial charge on any atom is -0.465 e. The first kappa shape index (κ1) is 22.1. The molecule has 6 nitrogen and oxygen atoms in total. The highest BCUT2D eigenvalue weighted by atomic mass is 32.2. The molecule has 0 N–H and O–H groups in total. The van der Waals surface area contributed by atoms with E-state index in [2.05, 4.69) is 9.80 Å². The van der Waals surface area contributed by atoms with Gasteiger partial charge in [0.25, 0.3) is 5.91 Å². The molecule has 1 fully saturated rings. The molecule has 0 saturated carbocycles. The maximum Gasteiger partial charge on any atom is 0.337 e. The number of fused-ring (bicyclic) bond motifs is 1. The van der Waals surface area contributed by atoms with Crippen molar-refractivity contribution in [3.8, 4) is 0 Å². The Morgan fingerprint density at radius 1 is 1.03 bits per heavy atom. The fourth-order valence-corrected chi connectivity index (χ4v) is 5.15. The molecule has 0 aliphatic carbocycles. The van der Waals surface area contributed by atoms with Crippen LogP contribution in [0.5, 0.6) is 0 Å². The Morgan fingerprint density at radius 3 is 2.38 bits per heavy atom. The number of thiocarbonyl (C=S) groups is 1. The van der Waals surface area contributed by atoms with Crippen molar-refractivity contribution in [1.29, 1.82) is 0 Å². The van der Waals surface area contributed by atoms with Crippen molar-refractivity contribution in [2.24, 2.45) is 0 Å². The Hall–Kier alpha value is -3.10. The monoisotopic (exact) mass is 465 g/mol. The number of thioether (sulfide) groups is 1. The number of benzene rings is 2. The number of para-hydroxylation sites is 1. The number of anilines is 3.